The molecule has 0 saturated carbocycles. The second kappa shape index (κ2) is 7.77. The third-order valence-corrected chi connectivity index (χ3v) is 4.29. The lowest BCUT2D eigenvalue weighted by Gasteiger charge is -2.07. The molecule has 1 N–H and O–H groups in total. The average Bonchev–Trinajstić information content (AvgIpc) is 3.12. The number of amides is 1. The molecule has 2 aromatic carbocycles. The lowest BCUT2D eigenvalue weighted by Crippen LogP contribution is -2.25. The molecule has 2 aromatic rings. The zero-order valence-electron chi connectivity index (χ0n) is 14.4. The fraction of sp³-hybridized carbons (Fsp3) is 0.263. The van der Waals surface area contributed by atoms with E-state index in [1.54, 1.807) is 6.07 Å². The number of benzene rings is 2. The molecule has 0 saturated heterocycles. The molecule has 26 heavy (non-hydrogen) atoms. The lowest BCUT2D eigenvalue weighted by atomic mass is 10.0. The molecular formula is C19H19N3O4. The first kappa shape index (κ1) is 17.6. The Morgan fingerprint density at radius 3 is 2.81 bits per heavy atom. The van der Waals surface area contributed by atoms with E-state index in [1.165, 1.54) is 35.7 Å². The highest BCUT2D eigenvalue weighted by atomic mass is 16.6. The van der Waals surface area contributed by atoms with Gasteiger partial charge in [0, 0.05) is 6.07 Å². The minimum atomic E-state index is -0.552. The summed E-state index contributed by atoms with van der Waals surface area (Å²) in [6.07, 6.45) is 3.37. The van der Waals surface area contributed by atoms with Gasteiger partial charge in [-0.1, -0.05) is 24.3 Å². The van der Waals surface area contributed by atoms with Crippen LogP contribution in [0.25, 0.3) is 0 Å². The topological polar surface area (TPSA) is 93.8 Å². The van der Waals surface area contributed by atoms with Crippen LogP contribution in [-0.2, 0) is 17.6 Å². The molecule has 0 radical (unpaired) electrons. The van der Waals surface area contributed by atoms with Crippen LogP contribution in [0.4, 0.5) is 5.69 Å². The van der Waals surface area contributed by atoms with Crippen LogP contribution in [0.3, 0.4) is 0 Å². The molecule has 1 aliphatic rings. The van der Waals surface area contributed by atoms with Crippen molar-refractivity contribution in [2.24, 2.45) is 5.10 Å². The number of fused-ring (bicyclic) bond motifs is 1. The van der Waals surface area contributed by atoms with Crippen molar-refractivity contribution in [3.8, 4) is 5.75 Å². The molecule has 0 bridgehead atoms. The number of carbonyl (C=O) groups excluding carboxylic acids is 1. The Bertz CT molecular complexity index is 877. The van der Waals surface area contributed by atoms with E-state index in [4.69, 9.17) is 4.74 Å². The summed E-state index contributed by atoms with van der Waals surface area (Å²) in [5.74, 6) is -0.435. The summed E-state index contributed by atoms with van der Waals surface area (Å²) in [7, 11) is 0. The molecule has 0 fully saturated rings. The minimum Gasteiger partial charge on any atom is -0.477 e. The number of ether oxygens (including phenoxy) is 1. The van der Waals surface area contributed by atoms with Crippen LogP contribution < -0.4 is 10.2 Å². The van der Waals surface area contributed by atoms with Crippen molar-refractivity contribution in [1.82, 2.24) is 5.43 Å². The summed E-state index contributed by atoms with van der Waals surface area (Å²) in [6, 6.07) is 12.1. The quantitative estimate of drug-likeness (QED) is 0.491. The molecule has 3 rings (SSSR count). The molecule has 134 valence electrons. The normalized spacial score (nSPS) is 13.2. The van der Waals surface area contributed by atoms with Gasteiger partial charge in [0.2, 0.25) is 0 Å². The summed E-state index contributed by atoms with van der Waals surface area (Å²) < 4.78 is 5.24. The van der Waals surface area contributed by atoms with Crippen LogP contribution in [0.15, 0.2) is 47.6 Å². The van der Waals surface area contributed by atoms with Crippen LogP contribution in [-0.4, -0.2) is 23.1 Å². The number of nitro benzene ring substituents is 1. The smallest absolute Gasteiger partial charge is 0.310 e. The highest BCUT2D eigenvalue weighted by Crippen LogP contribution is 2.25. The summed E-state index contributed by atoms with van der Waals surface area (Å²) in [4.78, 5) is 22.3. The van der Waals surface area contributed by atoms with Gasteiger partial charge in [0.25, 0.3) is 5.91 Å². The largest absolute Gasteiger partial charge is 0.477 e. The molecule has 0 aromatic heterocycles. The Hall–Kier alpha value is -3.22. The SMILES string of the molecule is C/C(=N/NC(=O)COc1ccccc1[N+](=O)[O-])c1ccc2c(c1)CCC2. The summed E-state index contributed by atoms with van der Waals surface area (Å²) in [5, 5.41) is 15.0. The van der Waals surface area contributed by atoms with Crippen molar-refractivity contribution in [3.63, 3.8) is 0 Å². The van der Waals surface area contributed by atoms with Crippen molar-refractivity contribution in [1.29, 1.82) is 0 Å². The van der Waals surface area contributed by atoms with Crippen molar-refractivity contribution in [2.75, 3.05) is 6.61 Å². The van der Waals surface area contributed by atoms with Gasteiger partial charge < -0.3 is 4.74 Å². The highest BCUT2D eigenvalue weighted by Gasteiger charge is 2.15. The zero-order chi connectivity index (χ0) is 18.5. The number of nitro groups is 1. The minimum absolute atomic E-state index is 0.0481. The number of aryl methyl sites for hydroxylation is 2. The van der Waals surface area contributed by atoms with Gasteiger partial charge in [0.1, 0.15) is 0 Å². The maximum atomic E-state index is 11.9. The first-order chi connectivity index (χ1) is 12.5. The van der Waals surface area contributed by atoms with Crippen LogP contribution in [0.1, 0.15) is 30.0 Å². The Balaban J connectivity index is 1.58. The monoisotopic (exact) mass is 353 g/mol. The van der Waals surface area contributed by atoms with Crippen molar-refractivity contribution >= 4 is 17.3 Å². The van der Waals surface area contributed by atoms with E-state index in [0.717, 1.165) is 18.4 Å². The first-order valence-corrected chi connectivity index (χ1v) is 8.36. The summed E-state index contributed by atoms with van der Waals surface area (Å²) >= 11 is 0. The average molecular weight is 353 g/mol. The van der Waals surface area contributed by atoms with Crippen molar-refractivity contribution in [3.05, 3.63) is 69.3 Å². The lowest BCUT2D eigenvalue weighted by molar-refractivity contribution is -0.385. The van der Waals surface area contributed by atoms with E-state index >= 15 is 0 Å². The Kier molecular flexibility index (Phi) is 5.26. The predicted molar refractivity (Wildman–Crippen MR) is 97.4 cm³/mol. The van der Waals surface area contributed by atoms with Crippen LogP contribution in [0.2, 0.25) is 0 Å². The summed E-state index contributed by atoms with van der Waals surface area (Å²) in [6.45, 7) is 1.46. The fourth-order valence-corrected chi connectivity index (χ4v) is 2.91. The predicted octanol–water partition coefficient (Wildman–Crippen LogP) is 3.00. The molecule has 7 heteroatoms. The van der Waals surface area contributed by atoms with Gasteiger partial charge in [-0.3, -0.25) is 14.9 Å². The second-order valence-electron chi connectivity index (χ2n) is 6.08. The number of rotatable bonds is 6. The van der Waals surface area contributed by atoms with E-state index in [9.17, 15) is 14.9 Å². The van der Waals surface area contributed by atoms with Gasteiger partial charge in [0.05, 0.1) is 10.6 Å². The number of nitrogens with zero attached hydrogens (tertiary/aromatic N) is 2. The Labute approximate surface area is 150 Å². The standard InChI is InChI=1S/C19H19N3O4/c1-13(15-10-9-14-5-4-6-16(14)11-15)20-21-19(23)12-26-18-8-3-2-7-17(18)22(24)25/h2-3,7-11H,4-6,12H2,1H3,(H,21,23)/b20-13-. The molecule has 1 aliphatic carbocycles. The molecule has 0 atom stereocenters. The zero-order valence-corrected chi connectivity index (χ0v) is 14.4. The van der Waals surface area contributed by atoms with Crippen LogP contribution >= 0.6 is 0 Å². The van der Waals surface area contributed by atoms with E-state index in [2.05, 4.69) is 22.7 Å². The molecule has 0 unspecified atom stereocenters. The number of para-hydroxylation sites is 2. The molecule has 0 heterocycles. The third-order valence-electron chi connectivity index (χ3n) is 4.29. The van der Waals surface area contributed by atoms with Gasteiger partial charge in [-0.05, 0) is 55.0 Å². The van der Waals surface area contributed by atoms with E-state index in [0.29, 0.717) is 5.71 Å². The third kappa shape index (κ3) is 4.05. The van der Waals surface area contributed by atoms with Gasteiger partial charge in [-0.15, -0.1) is 0 Å². The molecule has 0 spiro atoms. The van der Waals surface area contributed by atoms with E-state index < -0.39 is 10.8 Å². The van der Waals surface area contributed by atoms with Crippen LogP contribution in [0.5, 0.6) is 5.75 Å². The number of carbonyl (C=O) groups is 1. The molecule has 7 nitrogen and oxygen atoms in total. The number of hydrazone groups is 1. The second-order valence-corrected chi connectivity index (χ2v) is 6.08. The first-order valence-electron chi connectivity index (χ1n) is 8.36. The molecule has 1 amide bonds. The van der Waals surface area contributed by atoms with Crippen LogP contribution in [0, 0.1) is 10.1 Å². The summed E-state index contributed by atoms with van der Waals surface area (Å²) in [5.41, 5.74) is 6.61. The van der Waals surface area contributed by atoms with Gasteiger partial charge in [0.15, 0.2) is 12.4 Å². The van der Waals surface area contributed by atoms with Gasteiger partial charge in [-0.25, -0.2) is 5.43 Å². The maximum Gasteiger partial charge on any atom is 0.310 e. The fourth-order valence-electron chi connectivity index (χ4n) is 2.91. The molecule has 0 aliphatic heterocycles. The van der Waals surface area contributed by atoms with Gasteiger partial charge in [-0.2, -0.15) is 5.10 Å². The van der Waals surface area contributed by atoms with Crippen molar-refractivity contribution < 1.29 is 14.5 Å². The highest BCUT2D eigenvalue weighted by molar-refractivity contribution is 5.99. The number of hydrogen-bond acceptors (Lipinski definition) is 5. The number of nitrogens with one attached hydrogen (secondary N) is 1. The van der Waals surface area contributed by atoms with E-state index in [-0.39, 0.29) is 18.0 Å². The van der Waals surface area contributed by atoms with E-state index in [1.807, 2.05) is 13.0 Å². The molecular weight excluding hydrogens is 334 g/mol. The number of hydrogen-bond donors (Lipinski definition) is 1. The maximum absolute atomic E-state index is 11.9. The van der Waals surface area contributed by atoms with Crippen molar-refractivity contribution in [2.45, 2.75) is 26.2 Å². The Morgan fingerprint density at radius 2 is 2.00 bits per heavy atom. The Morgan fingerprint density at radius 1 is 1.23 bits per heavy atom. The van der Waals surface area contributed by atoms with Gasteiger partial charge >= 0.3 is 5.69 Å².